The highest BCUT2D eigenvalue weighted by Gasteiger charge is 2.22. The van der Waals surface area contributed by atoms with Crippen LogP contribution in [0.15, 0.2) is 6.20 Å². The molecule has 1 aromatic rings. The number of hydrogen-bond acceptors (Lipinski definition) is 4. The Balaban J connectivity index is 2.19. The summed E-state index contributed by atoms with van der Waals surface area (Å²) in [5, 5.41) is 1.89. The predicted molar refractivity (Wildman–Crippen MR) is 52.6 cm³/mol. The van der Waals surface area contributed by atoms with Crippen LogP contribution >= 0.6 is 11.3 Å². The Morgan fingerprint density at radius 2 is 2.58 bits per heavy atom. The lowest BCUT2D eigenvalue weighted by Gasteiger charge is -2.19. The summed E-state index contributed by atoms with van der Waals surface area (Å²) >= 11 is 1.58. The Hall–Kier alpha value is -0.770. The molecule has 0 radical (unpaired) electrons. The van der Waals surface area contributed by atoms with Crippen LogP contribution in [0.4, 0.5) is 10.1 Å². The third-order valence-electron chi connectivity index (χ3n) is 2.31. The van der Waals surface area contributed by atoms with E-state index in [0.717, 1.165) is 16.7 Å². The van der Waals surface area contributed by atoms with Crippen LogP contribution in [-0.4, -0.2) is 17.6 Å². The minimum atomic E-state index is 0.635. The van der Waals surface area contributed by atoms with Crippen LogP contribution in [0.1, 0.15) is 19.8 Å². The smallest absolute Gasteiger partial charge is 0.187 e. The molecular formula is C8H13N3S. The SMILES string of the molecule is CC1CCCN1c1ncc(N)s1. The Kier molecular flexibility index (Phi) is 1.92. The van der Waals surface area contributed by atoms with Gasteiger partial charge in [0.1, 0.15) is 5.00 Å². The van der Waals surface area contributed by atoms with E-state index in [4.69, 9.17) is 5.73 Å². The van der Waals surface area contributed by atoms with Crippen LogP contribution in [0, 0.1) is 0 Å². The molecule has 0 bridgehead atoms. The molecule has 2 rings (SSSR count). The van der Waals surface area contributed by atoms with E-state index in [1.807, 2.05) is 0 Å². The molecule has 1 unspecified atom stereocenters. The van der Waals surface area contributed by atoms with E-state index < -0.39 is 0 Å². The second kappa shape index (κ2) is 2.94. The van der Waals surface area contributed by atoms with Gasteiger partial charge in [-0.25, -0.2) is 4.98 Å². The molecule has 2 N–H and O–H groups in total. The first-order valence-electron chi connectivity index (χ1n) is 4.25. The standard InChI is InChI=1S/C8H13N3S/c1-6-3-2-4-11(6)8-10-5-7(9)12-8/h5-6H,2-4,9H2,1H3. The normalized spacial score (nSPS) is 23.4. The maximum absolute atomic E-state index is 5.62. The third kappa shape index (κ3) is 1.27. The van der Waals surface area contributed by atoms with Gasteiger partial charge in [0.05, 0.1) is 6.20 Å². The van der Waals surface area contributed by atoms with E-state index in [0.29, 0.717) is 6.04 Å². The average molecular weight is 183 g/mol. The molecule has 1 fully saturated rings. The lowest BCUT2D eigenvalue weighted by Crippen LogP contribution is -2.25. The highest BCUT2D eigenvalue weighted by atomic mass is 32.1. The lowest BCUT2D eigenvalue weighted by molar-refractivity contribution is 0.733. The molecule has 3 nitrogen and oxygen atoms in total. The Morgan fingerprint density at radius 3 is 3.08 bits per heavy atom. The Bertz CT molecular complexity index is 271. The van der Waals surface area contributed by atoms with Gasteiger partial charge in [0.15, 0.2) is 5.13 Å². The molecule has 4 heteroatoms. The number of hydrogen-bond donors (Lipinski definition) is 1. The van der Waals surface area contributed by atoms with Gasteiger partial charge in [-0.2, -0.15) is 0 Å². The Labute approximate surface area is 76.2 Å². The van der Waals surface area contributed by atoms with Gasteiger partial charge >= 0.3 is 0 Å². The second-order valence-corrected chi connectivity index (χ2v) is 4.27. The maximum atomic E-state index is 5.62. The quantitative estimate of drug-likeness (QED) is 0.720. The van der Waals surface area contributed by atoms with Crippen LogP contribution in [0.25, 0.3) is 0 Å². The van der Waals surface area contributed by atoms with Crippen molar-refractivity contribution in [2.24, 2.45) is 0 Å². The van der Waals surface area contributed by atoms with Crippen LogP contribution < -0.4 is 10.6 Å². The van der Waals surface area contributed by atoms with Crippen molar-refractivity contribution in [3.05, 3.63) is 6.20 Å². The topological polar surface area (TPSA) is 42.2 Å². The summed E-state index contributed by atoms with van der Waals surface area (Å²) in [6.07, 6.45) is 4.30. The number of rotatable bonds is 1. The summed E-state index contributed by atoms with van der Waals surface area (Å²) in [6, 6.07) is 0.635. The fraction of sp³-hybridized carbons (Fsp3) is 0.625. The van der Waals surface area contributed by atoms with Crippen molar-refractivity contribution in [3.8, 4) is 0 Å². The van der Waals surface area contributed by atoms with Gasteiger partial charge in [-0.15, -0.1) is 0 Å². The van der Waals surface area contributed by atoms with Crippen molar-refractivity contribution in [3.63, 3.8) is 0 Å². The first kappa shape index (κ1) is 7.86. The number of nitrogen functional groups attached to an aromatic ring is 1. The lowest BCUT2D eigenvalue weighted by atomic mass is 10.2. The first-order chi connectivity index (χ1) is 5.77. The van der Waals surface area contributed by atoms with Gasteiger partial charge in [0.2, 0.25) is 0 Å². The van der Waals surface area contributed by atoms with Crippen molar-refractivity contribution < 1.29 is 0 Å². The molecule has 1 aromatic heterocycles. The molecule has 2 heterocycles. The fourth-order valence-corrected chi connectivity index (χ4v) is 2.44. The summed E-state index contributed by atoms with van der Waals surface area (Å²) in [5.41, 5.74) is 5.62. The largest absolute Gasteiger partial charge is 0.389 e. The van der Waals surface area contributed by atoms with Crippen molar-refractivity contribution in [2.75, 3.05) is 17.2 Å². The number of aromatic nitrogens is 1. The van der Waals surface area contributed by atoms with Crippen LogP contribution in [0.5, 0.6) is 0 Å². The molecular weight excluding hydrogens is 170 g/mol. The zero-order valence-electron chi connectivity index (χ0n) is 7.16. The highest BCUT2D eigenvalue weighted by molar-refractivity contribution is 7.19. The van der Waals surface area contributed by atoms with Crippen molar-refractivity contribution in [1.29, 1.82) is 0 Å². The maximum Gasteiger partial charge on any atom is 0.187 e. The van der Waals surface area contributed by atoms with Gasteiger partial charge in [0.25, 0.3) is 0 Å². The summed E-state index contributed by atoms with van der Waals surface area (Å²) in [7, 11) is 0. The molecule has 1 aliphatic heterocycles. The van der Waals surface area contributed by atoms with E-state index in [1.165, 1.54) is 12.8 Å². The number of nitrogens with zero attached hydrogens (tertiary/aromatic N) is 2. The summed E-state index contributed by atoms with van der Waals surface area (Å²) in [6.45, 7) is 3.37. The molecule has 1 atom stereocenters. The zero-order chi connectivity index (χ0) is 8.55. The molecule has 0 amide bonds. The zero-order valence-corrected chi connectivity index (χ0v) is 7.97. The predicted octanol–water partition coefficient (Wildman–Crippen LogP) is 1.71. The third-order valence-corrected chi connectivity index (χ3v) is 3.17. The van der Waals surface area contributed by atoms with E-state index in [2.05, 4.69) is 16.8 Å². The monoisotopic (exact) mass is 183 g/mol. The van der Waals surface area contributed by atoms with E-state index >= 15 is 0 Å². The molecule has 1 aliphatic rings. The Morgan fingerprint density at radius 1 is 1.75 bits per heavy atom. The summed E-state index contributed by atoms with van der Waals surface area (Å²) in [4.78, 5) is 6.60. The average Bonchev–Trinajstić information content (AvgIpc) is 2.58. The molecule has 66 valence electrons. The minimum absolute atomic E-state index is 0.635. The molecule has 12 heavy (non-hydrogen) atoms. The molecule has 0 aliphatic carbocycles. The van der Waals surface area contributed by atoms with Gasteiger partial charge in [-0.05, 0) is 19.8 Å². The van der Waals surface area contributed by atoms with Crippen molar-refractivity contribution in [1.82, 2.24) is 4.98 Å². The second-order valence-electron chi connectivity index (χ2n) is 3.23. The van der Waals surface area contributed by atoms with Crippen molar-refractivity contribution in [2.45, 2.75) is 25.8 Å². The molecule has 0 saturated carbocycles. The van der Waals surface area contributed by atoms with E-state index in [-0.39, 0.29) is 0 Å². The molecule has 0 spiro atoms. The van der Waals surface area contributed by atoms with Gasteiger partial charge in [-0.1, -0.05) is 11.3 Å². The number of nitrogens with two attached hydrogens (primary N) is 1. The van der Waals surface area contributed by atoms with Crippen LogP contribution in [0.2, 0.25) is 0 Å². The van der Waals surface area contributed by atoms with E-state index in [9.17, 15) is 0 Å². The first-order valence-corrected chi connectivity index (χ1v) is 5.07. The van der Waals surface area contributed by atoms with Gasteiger partial charge in [-0.3, -0.25) is 0 Å². The molecule has 0 aromatic carbocycles. The molecule has 1 saturated heterocycles. The highest BCUT2D eigenvalue weighted by Crippen LogP contribution is 2.29. The van der Waals surface area contributed by atoms with E-state index in [1.54, 1.807) is 17.5 Å². The minimum Gasteiger partial charge on any atom is -0.389 e. The van der Waals surface area contributed by atoms with Crippen molar-refractivity contribution >= 4 is 21.5 Å². The van der Waals surface area contributed by atoms with Crippen LogP contribution in [0.3, 0.4) is 0 Å². The fourth-order valence-electron chi connectivity index (χ4n) is 1.63. The summed E-state index contributed by atoms with van der Waals surface area (Å²) < 4.78 is 0. The number of thiazole rings is 1. The number of anilines is 2. The van der Waals surface area contributed by atoms with Crippen LogP contribution in [-0.2, 0) is 0 Å². The summed E-state index contributed by atoms with van der Waals surface area (Å²) in [5.74, 6) is 0. The van der Waals surface area contributed by atoms with Gasteiger partial charge in [0, 0.05) is 12.6 Å². The van der Waals surface area contributed by atoms with Gasteiger partial charge < -0.3 is 10.6 Å².